The third-order valence-corrected chi connectivity index (χ3v) is 5.43. The number of para-hydroxylation sites is 2. The molecule has 4 aromatic rings. The summed E-state index contributed by atoms with van der Waals surface area (Å²) in [4.78, 5) is 17.0. The molecule has 0 aliphatic rings. The molecule has 0 bridgehead atoms. The van der Waals surface area contributed by atoms with Crippen LogP contribution in [0.4, 0.5) is 0 Å². The lowest BCUT2D eigenvalue weighted by molar-refractivity contribution is 0.0976. The highest BCUT2D eigenvalue weighted by atomic mass is 32.1. The highest BCUT2D eigenvalue weighted by molar-refractivity contribution is 7.80. The number of carbonyl (C=O) groups excluding carboxylic acids is 1. The van der Waals surface area contributed by atoms with E-state index in [1.807, 2.05) is 72.8 Å². The van der Waals surface area contributed by atoms with Gasteiger partial charge in [-0.2, -0.15) is 0 Å². The predicted molar refractivity (Wildman–Crippen MR) is 131 cm³/mol. The number of hydrogen-bond acceptors (Lipinski definition) is 4. The van der Waals surface area contributed by atoms with Gasteiger partial charge in [0.2, 0.25) is 5.89 Å². The number of hydrogen-bond donors (Lipinski definition) is 2. The number of nitrogens with one attached hydrogen (secondary N) is 2. The fourth-order valence-electron chi connectivity index (χ4n) is 3.28. The third-order valence-electron chi connectivity index (χ3n) is 5.19. The van der Waals surface area contributed by atoms with Crippen LogP contribution < -0.4 is 10.6 Å². The second-order valence-corrected chi connectivity index (χ2v) is 9.06. The first-order valence-electron chi connectivity index (χ1n) is 10.4. The van der Waals surface area contributed by atoms with Crippen LogP contribution in [0.5, 0.6) is 0 Å². The highest BCUT2D eigenvalue weighted by Crippen LogP contribution is 2.24. The topological polar surface area (TPSA) is 67.2 Å². The maximum Gasteiger partial charge on any atom is 0.257 e. The summed E-state index contributed by atoms with van der Waals surface area (Å²) in [6.07, 6.45) is 0. The predicted octanol–water partition coefficient (Wildman–Crippen LogP) is 5.60. The normalized spacial score (nSPS) is 11.3. The summed E-state index contributed by atoms with van der Waals surface area (Å²) in [7, 11) is 0. The molecule has 3 aromatic carbocycles. The lowest BCUT2D eigenvalue weighted by Gasteiger charge is -2.19. The molecule has 0 aliphatic carbocycles. The van der Waals surface area contributed by atoms with E-state index in [2.05, 4.69) is 36.4 Å². The number of amides is 1. The number of carbonyl (C=O) groups is 1. The maximum absolute atomic E-state index is 12.4. The quantitative estimate of drug-likeness (QED) is 0.402. The van der Waals surface area contributed by atoms with Crippen LogP contribution in [0.25, 0.3) is 22.6 Å². The minimum absolute atomic E-state index is 0.0435. The van der Waals surface area contributed by atoms with Crippen LogP contribution >= 0.6 is 12.2 Å². The van der Waals surface area contributed by atoms with Crippen LogP contribution in [0, 0.1) is 0 Å². The van der Waals surface area contributed by atoms with Gasteiger partial charge in [0.25, 0.3) is 5.91 Å². The van der Waals surface area contributed by atoms with Crippen molar-refractivity contribution in [2.75, 3.05) is 0 Å². The third kappa shape index (κ3) is 5.03. The fraction of sp³-hybridized carbons (Fsp3) is 0.192. The molecule has 1 amide bonds. The standard InChI is InChI=1S/C26H25N3O2S/c1-26(2,3)20-14-12-18(13-15-20)23(30)29-25(32)27-16-17-8-10-19(11-9-17)24-28-21-6-4-5-7-22(21)31-24/h4-15H,16H2,1-3H3,(H2,27,29,30,32). The van der Waals surface area contributed by atoms with Gasteiger partial charge in [0.1, 0.15) is 5.52 Å². The van der Waals surface area contributed by atoms with Gasteiger partial charge in [-0.25, -0.2) is 4.98 Å². The SMILES string of the molecule is CC(C)(C)c1ccc(C(=O)NC(=S)NCc2ccc(-c3nc4ccccc4o3)cc2)cc1. The van der Waals surface area contributed by atoms with Crippen LogP contribution in [-0.2, 0) is 12.0 Å². The Balaban J connectivity index is 1.32. The Bertz CT molecular complexity index is 1220. The van der Waals surface area contributed by atoms with E-state index in [4.69, 9.17) is 16.6 Å². The van der Waals surface area contributed by atoms with Gasteiger partial charge in [0.15, 0.2) is 10.7 Å². The lowest BCUT2D eigenvalue weighted by Crippen LogP contribution is -2.38. The molecular formula is C26H25N3O2S. The van der Waals surface area contributed by atoms with E-state index in [-0.39, 0.29) is 16.4 Å². The molecule has 2 N–H and O–H groups in total. The largest absolute Gasteiger partial charge is 0.436 e. The average molecular weight is 444 g/mol. The number of aromatic nitrogens is 1. The van der Waals surface area contributed by atoms with E-state index in [0.717, 1.165) is 22.2 Å². The Morgan fingerprint density at radius 1 is 0.969 bits per heavy atom. The molecule has 32 heavy (non-hydrogen) atoms. The van der Waals surface area contributed by atoms with Crippen molar-refractivity contribution in [3.8, 4) is 11.5 Å². The molecule has 1 heterocycles. The van der Waals surface area contributed by atoms with E-state index in [9.17, 15) is 4.79 Å². The number of thiocarbonyl (C=S) groups is 1. The van der Waals surface area contributed by atoms with Crippen LogP contribution in [0.1, 0.15) is 42.3 Å². The fourth-order valence-corrected chi connectivity index (χ4v) is 3.45. The van der Waals surface area contributed by atoms with Gasteiger partial charge in [-0.15, -0.1) is 0 Å². The summed E-state index contributed by atoms with van der Waals surface area (Å²) in [5, 5.41) is 6.10. The molecule has 1 aromatic heterocycles. The molecular weight excluding hydrogens is 418 g/mol. The Morgan fingerprint density at radius 2 is 1.66 bits per heavy atom. The molecule has 0 unspecified atom stereocenters. The van der Waals surface area contributed by atoms with Gasteiger partial charge in [0, 0.05) is 17.7 Å². The summed E-state index contributed by atoms with van der Waals surface area (Å²) in [5.41, 5.74) is 5.32. The zero-order valence-corrected chi connectivity index (χ0v) is 19.1. The van der Waals surface area contributed by atoms with Crippen LogP contribution in [-0.4, -0.2) is 16.0 Å². The van der Waals surface area contributed by atoms with Gasteiger partial charge >= 0.3 is 0 Å². The molecule has 0 saturated heterocycles. The minimum Gasteiger partial charge on any atom is -0.436 e. The van der Waals surface area contributed by atoms with Gasteiger partial charge in [0.05, 0.1) is 0 Å². The average Bonchev–Trinajstić information content (AvgIpc) is 3.22. The van der Waals surface area contributed by atoms with Crippen LogP contribution in [0.15, 0.2) is 77.2 Å². The Kier molecular flexibility index (Phi) is 6.06. The molecule has 0 atom stereocenters. The monoisotopic (exact) mass is 443 g/mol. The second kappa shape index (κ2) is 8.93. The van der Waals surface area contributed by atoms with Crippen molar-refractivity contribution in [3.05, 3.63) is 89.5 Å². The van der Waals surface area contributed by atoms with E-state index < -0.39 is 0 Å². The number of oxazole rings is 1. The first-order chi connectivity index (χ1) is 15.3. The first kappa shape index (κ1) is 21.7. The second-order valence-electron chi connectivity index (χ2n) is 8.65. The summed E-state index contributed by atoms with van der Waals surface area (Å²) in [6, 6.07) is 23.2. The smallest absolute Gasteiger partial charge is 0.257 e. The molecule has 4 rings (SSSR count). The summed E-state index contributed by atoms with van der Waals surface area (Å²) < 4.78 is 5.81. The first-order valence-corrected chi connectivity index (χ1v) is 10.8. The molecule has 0 spiro atoms. The van der Waals surface area contributed by atoms with Crippen molar-refractivity contribution in [2.45, 2.75) is 32.7 Å². The number of fused-ring (bicyclic) bond motifs is 1. The van der Waals surface area contributed by atoms with Gasteiger partial charge in [-0.05, 0) is 65.2 Å². The lowest BCUT2D eigenvalue weighted by atomic mass is 9.87. The molecule has 5 nitrogen and oxygen atoms in total. The van der Waals surface area contributed by atoms with Crippen molar-refractivity contribution in [2.24, 2.45) is 0 Å². The van der Waals surface area contributed by atoms with Crippen molar-refractivity contribution < 1.29 is 9.21 Å². The number of rotatable bonds is 4. The molecule has 0 radical (unpaired) electrons. The van der Waals surface area contributed by atoms with E-state index in [1.54, 1.807) is 0 Å². The Morgan fingerprint density at radius 3 is 2.31 bits per heavy atom. The van der Waals surface area contributed by atoms with Crippen molar-refractivity contribution in [3.63, 3.8) is 0 Å². The van der Waals surface area contributed by atoms with Crippen molar-refractivity contribution in [1.29, 1.82) is 0 Å². The zero-order valence-electron chi connectivity index (χ0n) is 18.3. The summed E-state index contributed by atoms with van der Waals surface area (Å²) >= 11 is 5.29. The van der Waals surface area contributed by atoms with Gasteiger partial charge < -0.3 is 9.73 Å². The molecule has 6 heteroatoms. The highest BCUT2D eigenvalue weighted by Gasteiger charge is 2.15. The molecule has 0 aliphatic heterocycles. The summed E-state index contributed by atoms with van der Waals surface area (Å²) in [5.74, 6) is 0.361. The van der Waals surface area contributed by atoms with Crippen LogP contribution in [0.3, 0.4) is 0 Å². The van der Waals surface area contributed by atoms with E-state index in [0.29, 0.717) is 18.0 Å². The molecule has 0 fully saturated rings. The maximum atomic E-state index is 12.4. The van der Waals surface area contributed by atoms with Crippen molar-refractivity contribution in [1.82, 2.24) is 15.6 Å². The zero-order chi connectivity index (χ0) is 22.7. The number of nitrogens with zero attached hydrogens (tertiary/aromatic N) is 1. The minimum atomic E-state index is -0.228. The Hall–Kier alpha value is -3.51. The summed E-state index contributed by atoms with van der Waals surface area (Å²) in [6.45, 7) is 6.92. The van der Waals surface area contributed by atoms with Crippen molar-refractivity contribution >= 4 is 34.3 Å². The Labute approximate surface area is 192 Å². The van der Waals surface area contributed by atoms with Crippen LogP contribution in [0.2, 0.25) is 0 Å². The number of benzene rings is 3. The van der Waals surface area contributed by atoms with E-state index >= 15 is 0 Å². The van der Waals surface area contributed by atoms with Gasteiger partial charge in [-0.3, -0.25) is 10.1 Å². The molecule has 162 valence electrons. The van der Waals surface area contributed by atoms with E-state index in [1.165, 1.54) is 5.56 Å². The van der Waals surface area contributed by atoms with Gasteiger partial charge in [-0.1, -0.05) is 57.2 Å². The molecule has 0 saturated carbocycles.